The molecule has 1 fully saturated rings. The normalized spacial score (nSPS) is 14.4. The number of carbonyl (C=O) groups is 2. The Morgan fingerprint density at radius 2 is 2.00 bits per heavy atom. The smallest absolute Gasteiger partial charge is 0.229 e. The molecule has 8 heteroatoms. The molecule has 1 aromatic carbocycles. The molecule has 3 rings (SSSR count). The lowest BCUT2D eigenvalue weighted by Gasteiger charge is -2.12. The standard InChI is InChI=1S/C17H20N4O2S2/c1-3-12-6-4-5-11(2)15(12)18-16-19-20-17(25-16)24-10-9-21-13(22)7-8-14(21)23/h4-6H,3,7-10H2,1-2H3,(H,18,19). The Morgan fingerprint density at radius 3 is 2.72 bits per heavy atom. The van der Waals surface area contributed by atoms with Gasteiger partial charge in [-0.1, -0.05) is 48.2 Å². The number of nitrogens with one attached hydrogen (secondary N) is 1. The molecule has 1 aliphatic rings. The lowest BCUT2D eigenvalue weighted by molar-refractivity contribution is -0.137. The molecule has 2 aromatic rings. The van der Waals surface area contributed by atoms with E-state index in [4.69, 9.17) is 0 Å². The van der Waals surface area contributed by atoms with Crippen LogP contribution in [0.5, 0.6) is 0 Å². The molecule has 0 aliphatic carbocycles. The number of thioether (sulfide) groups is 1. The minimum Gasteiger partial charge on any atom is -0.330 e. The van der Waals surface area contributed by atoms with Crippen molar-refractivity contribution < 1.29 is 9.59 Å². The quantitative estimate of drug-likeness (QED) is 0.590. The molecule has 2 amide bonds. The average Bonchev–Trinajstić information content (AvgIpc) is 3.17. The highest BCUT2D eigenvalue weighted by molar-refractivity contribution is 8.01. The van der Waals surface area contributed by atoms with Gasteiger partial charge in [-0.2, -0.15) is 0 Å². The second kappa shape index (κ2) is 7.97. The molecule has 132 valence electrons. The summed E-state index contributed by atoms with van der Waals surface area (Å²) in [6.45, 7) is 4.63. The van der Waals surface area contributed by atoms with Crippen LogP contribution in [0.15, 0.2) is 22.5 Å². The van der Waals surface area contributed by atoms with Crippen molar-refractivity contribution in [2.75, 3.05) is 17.6 Å². The lowest BCUT2D eigenvalue weighted by Crippen LogP contribution is -2.31. The topological polar surface area (TPSA) is 75.2 Å². The van der Waals surface area contributed by atoms with Crippen molar-refractivity contribution in [2.45, 2.75) is 37.4 Å². The third-order valence-electron chi connectivity index (χ3n) is 4.07. The number of rotatable bonds is 7. The molecule has 0 bridgehead atoms. The van der Waals surface area contributed by atoms with Crippen molar-refractivity contribution >= 4 is 45.7 Å². The van der Waals surface area contributed by atoms with Crippen LogP contribution >= 0.6 is 23.1 Å². The molecular weight excluding hydrogens is 356 g/mol. The maximum atomic E-state index is 11.6. The number of nitrogens with zero attached hydrogens (tertiary/aromatic N) is 3. The Kier molecular flexibility index (Phi) is 5.70. The van der Waals surface area contributed by atoms with Gasteiger partial charge in [0.25, 0.3) is 0 Å². The van der Waals surface area contributed by atoms with Gasteiger partial charge in [0.1, 0.15) is 0 Å². The SMILES string of the molecule is CCc1cccc(C)c1Nc1nnc(SCCN2C(=O)CCC2=O)s1. The molecule has 1 N–H and O–H groups in total. The van der Waals surface area contributed by atoms with Crippen LogP contribution in [0.25, 0.3) is 0 Å². The first-order chi connectivity index (χ1) is 12.1. The van der Waals surface area contributed by atoms with Crippen molar-refractivity contribution in [2.24, 2.45) is 0 Å². The second-order valence-corrected chi connectivity index (χ2v) is 8.07. The minimum atomic E-state index is -0.0723. The Hall–Kier alpha value is -1.93. The van der Waals surface area contributed by atoms with E-state index in [-0.39, 0.29) is 11.8 Å². The van der Waals surface area contributed by atoms with E-state index >= 15 is 0 Å². The van der Waals surface area contributed by atoms with Crippen LogP contribution in [-0.4, -0.2) is 39.2 Å². The summed E-state index contributed by atoms with van der Waals surface area (Å²) in [5.74, 6) is 0.491. The molecule has 1 saturated heterocycles. The lowest BCUT2D eigenvalue weighted by atomic mass is 10.1. The summed E-state index contributed by atoms with van der Waals surface area (Å²) in [6.07, 6.45) is 1.63. The maximum Gasteiger partial charge on any atom is 0.229 e. The number of imide groups is 1. The number of benzene rings is 1. The van der Waals surface area contributed by atoms with E-state index in [0.717, 1.165) is 21.6 Å². The van der Waals surface area contributed by atoms with E-state index in [2.05, 4.69) is 47.6 Å². The van der Waals surface area contributed by atoms with E-state index in [1.807, 2.05) is 0 Å². The van der Waals surface area contributed by atoms with Crippen LogP contribution in [0.3, 0.4) is 0 Å². The fraction of sp³-hybridized carbons (Fsp3) is 0.412. The predicted octanol–water partition coefficient (Wildman–Crippen LogP) is 3.39. The number of hydrogen-bond donors (Lipinski definition) is 1. The average molecular weight is 377 g/mol. The van der Waals surface area contributed by atoms with E-state index in [9.17, 15) is 9.59 Å². The fourth-order valence-electron chi connectivity index (χ4n) is 2.72. The highest BCUT2D eigenvalue weighted by Gasteiger charge is 2.28. The number of anilines is 2. The zero-order valence-electron chi connectivity index (χ0n) is 14.2. The van der Waals surface area contributed by atoms with Gasteiger partial charge in [-0.05, 0) is 24.5 Å². The van der Waals surface area contributed by atoms with Crippen LogP contribution in [0.4, 0.5) is 10.8 Å². The summed E-state index contributed by atoms with van der Waals surface area (Å²) in [7, 11) is 0. The third kappa shape index (κ3) is 4.19. The molecule has 2 heterocycles. The maximum absolute atomic E-state index is 11.6. The van der Waals surface area contributed by atoms with Crippen LogP contribution in [0.2, 0.25) is 0 Å². The number of likely N-dealkylation sites (tertiary alicyclic amines) is 1. The first-order valence-corrected chi connectivity index (χ1v) is 10.0. The van der Waals surface area contributed by atoms with E-state index in [1.54, 1.807) is 0 Å². The summed E-state index contributed by atoms with van der Waals surface area (Å²) < 4.78 is 0.827. The Balaban J connectivity index is 1.58. The van der Waals surface area contributed by atoms with Gasteiger partial charge >= 0.3 is 0 Å². The molecule has 0 saturated carbocycles. The molecule has 25 heavy (non-hydrogen) atoms. The van der Waals surface area contributed by atoms with Gasteiger partial charge < -0.3 is 5.32 Å². The molecule has 0 unspecified atom stereocenters. The summed E-state index contributed by atoms with van der Waals surface area (Å²) in [5.41, 5.74) is 3.51. The van der Waals surface area contributed by atoms with E-state index in [1.165, 1.54) is 39.1 Å². The summed E-state index contributed by atoms with van der Waals surface area (Å²) >= 11 is 3.00. The van der Waals surface area contributed by atoms with Crippen LogP contribution < -0.4 is 5.32 Å². The summed E-state index contributed by atoms with van der Waals surface area (Å²) in [5, 5.41) is 12.5. The van der Waals surface area contributed by atoms with Crippen LogP contribution in [0, 0.1) is 6.92 Å². The van der Waals surface area contributed by atoms with Gasteiger partial charge in [-0.3, -0.25) is 14.5 Å². The van der Waals surface area contributed by atoms with Gasteiger partial charge in [-0.25, -0.2) is 0 Å². The zero-order valence-corrected chi connectivity index (χ0v) is 15.9. The molecule has 0 atom stereocenters. The monoisotopic (exact) mass is 376 g/mol. The number of amides is 2. The third-order valence-corrected chi connectivity index (χ3v) is 6.03. The number of aryl methyl sites for hydroxylation is 2. The molecule has 1 aliphatic heterocycles. The highest BCUT2D eigenvalue weighted by Crippen LogP contribution is 2.30. The highest BCUT2D eigenvalue weighted by atomic mass is 32.2. The van der Waals surface area contributed by atoms with Crippen LogP contribution in [-0.2, 0) is 16.0 Å². The first kappa shape index (κ1) is 17.9. The van der Waals surface area contributed by atoms with Gasteiger partial charge in [-0.15, -0.1) is 10.2 Å². The number of aromatic nitrogens is 2. The van der Waals surface area contributed by atoms with Crippen molar-refractivity contribution in [3.63, 3.8) is 0 Å². The summed E-state index contributed by atoms with van der Waals surface area (Å²) in [4.78, 5) is 24.5. The van der Waals surface area contributed by atoms with Gasteiger partial charge in [0.2, 0.25) is 16.9 Å². The van der Waals surface area contributed by atoms with E-state index in [0.29, 0.717) is 25.1 Å². The number of hydrogen-bond acceptors (Lipinski definition) is 7. The molecule has 0 spiro atoms. The van der Waals surface area contributed by atoms with Crippen molar-refractivity contribution in [3.05, 3.63) is 29.3 Å². The Labute approximate surface area is 155 Å². The van der Waals surface area contributed by atoms with Gasteiger partial charge in [0.15, 0.2) is 4.34 Å². The molecule has 1 aromatic heterocycles. The summed E-state index contributed by atoms with van der Waals surface area (Å²) in [6, 6.07) is 6.24. The van der Waals surface area contributed by atoms with E-state index < -0.39 is 0 Å². The number of carbonyl (C=O) groups excluding carboxylic acids is 2. The van der Waals surface area contributed by atoms with Crippen LogP contribution in [0.1, 0.15) is 30.9 Å². The van der Waals surface area contributed by atoms with Gasteiger partial charge in [0, 0.05) is 30.8 Å². The van der Waals surface area contributed by atoms with Gasteiger partial charge in [0.05, 0.1) is 0 Å². The minimum absolute atomic E-state index is 0.0723. The van der Waals surface area contributed by atoms with Crippen molar-refractivity contribution in [1.29, 1.82) is 0 Å². The van der Waals surface area contributed by atoms with Crippen molar-refractivity contribution in [3.8, 4) is 0 Å². The molecular formula is C17H20N4O2S2. The molecule has 0 radical (unpaired) electrons. The van der Waals surface area contributed by atoms with Crippen molar-refractivity contribution in [1.82, 2.24) is 15.1 Å². The largest absolute Gasteiger partial charge is 0.330 e. The fourth-order valence-corrected chi connectivity index (χ4v) is 4.48. The Bertz CT molecular complexity index is 775. The molecule has 6 nitrogen and oxygen atoms in total. The zero-order chi connectivity index (χ0) is 17.8. The predicted molar refractivity (Wildman–Crippen MR) is 100 cm³/mol. The number of para-hydroxylation sites is 1. The Morgan fingerprint density at radius 1 is 1.24 bits per heavy atom. The first-order valence-electron chi connectivity index (χ1n) is 8.23. The second-order valence-electron chi connectivity index (χ2n) is 5.75.